The minimum Gasteiger partial charge on any atom is -0.481 e. The second-order valence-electron chi connectivity index (χ2n) is 23.6. The number of anilines is 3. The van der Waals surface area contributed by atoms with Crippen LogP contribution in [0.5, 0.6) is 17.5 Å². The van der Waals surface area contributed by atoms with Crippen LogP contribution in [0.1, 0.15) is 70.3 Å². The number of amides is 1. The molecule has 17 rings (SSSR count). The van der Waals surface area contributed by atoms with Crippen molar-refractivity contribution in [2.45, 2.75) is 68.9 Å². The first-order chi connectivity index (χ1) is 40.6. The van der Waals surface area contributed by atoms with Crippen molar-refractivity contribution in [3.63, 3.8) is 0 Å². The SMILES string of the molecule is COc1ccc(C(=O)N2C3CC2CN(c2ccc(-c4cc(N5CCN(Cc6nc7c(cc6CN6C8CC6CN(c6cnc(C9(C)CC(N%10CCN(C)CC%10)=Cn%10ncc(C#N)c%109)cn6)C8)OCO7)CC5)cn5ncc(C#N)c45)cn2)C3)cn1. The third-order valence-electron chi connectivity index (χ3n) is 18.7. The summed E-state index contributed by atoms with van der Waals surface area (Å²) in [7, 11) is 3.73. The van der Waals surface area contributed by atoms with Crippen molar-refractivity contribution in [2.24, 2.45) is 0 Å². The van der Waals surface area contributed by atoms with Gasteiger partial charge in [-0.25, -0.2) is 29.1 Å². The van der Waals surface area contributed by atoms with Crippen LogP contribution in [0, 0.1) is 22.7 Å². The lowest BCUT2D eigenvalue weighted by molar-refractivity contribution is -0.00918. The molecular formula is C60H63N19O4. The fourth-order valence-electron chi connectivity index (χ4n) is 14.1. The Balaban J connectivity index is 0.597. The number of nitriles is 2. The van der Waals surface area contributed by atoms with Gasteiger partial charge in [0.1, 0.15) is 23.8 Å². The van der Waals surface area contributed by atoms with Crippen LogP contribution >= 0.6 is 0 Å². The number of nitrogens with zero attached hydrogens (tertiary/aromatic N) is 19. The van der Waals surface area contributed by atoms with Gasteiger partial charge in [0.05, 0.1) is 101 Å². The van der Waals surface area contributed by atoms with E-state index in [-0.39, 0.29) is 24.8 Å². The molecular weight excluding hydrogens is 1050 g/mol. The van der Waals surface area contributed by atoms with Crippen molar-refractivity contribution in [3.8, 4) is 40.8 Å². The Morgan fingerprint density at radius 2 is 1.49 bits per heavy atom. The summed E-state index contributed by atoms with van der Waals surface area (Å²) in [5.41, 5.74) is 9.68. The van der Waals surface area contributed by atoms with Gasteiger partial charge >= 0.3 is 0 Å². The van der Waals surface area contributed by atoms with Crippen LogP contribution in [-0.4, -0.2) is 198 Å². The molecule has 8 saturated heterocycles. The van der Waals surface area contributed by atoms with E-state index in [0.29, 0.717) is 72.3 Å². The van der Waals surface area contributed by atoms with E-state index in [9.17, 15) is 15.3 Å². The van der Waals surface area contributed by atoms with Crippen molar-refractivity contribution in [3.05, 3.63) is 125 Å². The van der Waals surface area contributed by atoms with Crippen molar-refractivity contribution in [1.82, 2.24) is 68.8 Å². The molecule has 422 valence electrons. The molecule has 10 aliphatic heterocycles. The van der Waals surface area contributed by atoms with E-state index in [1.165, 1.54) is 5.70 Å². The number of rotatable bonds is 12. The summed E-state index contributed by atoms with van der Waals surface area (Å²) in [6.07, 6.45) is 17.6. The maximum atomic E-state index is 13.5. The van der Waals surface area contributed by atoms with E-state index in [1.807, 2.05) is 45.0 Å². The summed E-state index contributed by atoms with van der Waals surface area (Å²) in [5, 5.41) is 29.6. The van der Waals surface area contributed by atoms with Gasteiger partial charge in [0.2, 0.25) is 12.7 Å². The smallest absolute Gasteiger partial charge is 0.260 e. The summed E-state index contributed by atoms with van der Waals surface area (Å²) >= 11 is 0. The van der Waals surface area contributed by atoms with E-state index in [0.717, 1.165) is 141 Å². The van der Waals surface area contributed by atoms with Crippen LogP contribution in [0.3, 0.4) is 0 Å². The molecule has 7 aromatic rings. The van der Waals surface area contributed by atoms with Gasteiger partial charge < -0.3 is 43.6 Å². The van der Waals surface area contributed by atoms with E-state index >= 15 is 0 Å². The van der Waals surface area contributed by atoms with E-state index < -0.39 is 5.41 Å². The van der Waals surface area contributed by atoms with Crippen LogP contribution in [0.4, 0.5) is 17.3 Å². The third kappa shape index (κ3) is 8.87. The predicted molar refractivity (Wildman–Crippen MR) is 306 cm³/mol. The minimum atomic E-state index is -0.577. The maximum absolute atomic E-state index is 13.5. The molecule has 0 N–H and O–H groups in total. The monoisotopic (exact) mass is 1110 g/mol. The summed E-state index contributed by atoms with van der Waals surface area (Å²) < 4.78 is 20.7. The maximum Gasteiger partial charge on any atom is 0.260 e. The van der Waals surface area contributed by atoms with Crippen LogP contribution in [0.15, 0.2) is 85.5 Å². The highest BCUT2D eigenvalue weighted by Gasteiger charge is 2.49. The number of hydrogen-bond donors (Lipinski definition) is 0. The van der Waals surface area contributed by atoms with Crippen LogP contribution in [0.2, 0.25) is 0 Å². The van der Waals surface area contributed by atoms with Gasteiger partial charge in [-0.1, -0.05) is 0 Å². The fourth-order valence-corrected chi connectivity index (χ4v) is 14.1. The van der Waals surface area contributed by atoms with Gasteiger partial charge in [-0.3, -0.25) is 19.6 Å². The standard InChI is InChI=1S/C60H63N19O4/c1-60(20-48(73-12-8-70(2)9-13-73)35-78-57(60)42(22-62)26-68-78)52-27-65-54(28-63-52)75-30-44-17-45(31-75)76(44)29-40-16-51-58(83-37-82-51)69-50(40)36-71-10-14-72(15-11-71)43-19-49(56-41(21-61)25-67-77(56)34-43)38-4-6-53(64-23-38)74-32-46-18-47(33-74)79(46)59(80)39-5-7-55(81-3)66-24-39/h4-7,16,19,23-28,34-35,44-47H,8-15,17-18,20,29-33,36-37H2,1-3H3. The van der Waals surface area contributed by atoms with Crippen molar-refractivity contribution < 1.29 is 19.0 Å². The molecule has 0 aromatic carbocycles. The molecule has 23 nitrogen and oxygen atoms in total. The van der Waals surface area contributed by atoms with Crippen LogP contribution < -0.4 is 28.9 Å². The van der Waals surface area contributed by atoms with Gasteiger partial charge in [0.15, 0.2) is 5.75 Å². The number of allylic oxidation sites excluding steroid dienone is 1. The Morgan fingerprint density at radius 1 is 0.747 bits per heavy atom. The summed E-state index contributed by atoms with van der Waals surface area (Å²) in [5.74, 6) is 3.45. The quantitative estimate of drug-likeness (QED) is 0.167. The highest BCUT2D eigenvalue weighted by atomic mass is 16.7. The molecule has 7 aromatic heterocycles. The number of fused-ring (bicyclic) bond motifs is 7. The largest absolute Gasteiger partial charge is 0.481 e. The van der Waals surface area contributed by atoms with Gasteiger partial charge in [0, 0.05) is 152 Å². The molecule has 8 fully saturated rings. The number of likely N-dealkylation sites (N-methyl/N-ethyl adjacent to an activating group) is 1. The molecule has 0 saturated carbocycles. The first-order valence-corrected chi connectivity index (χ1v) is 28.7. The zero-order valence-corrected chi connectivity index (χ0v) is 46.8. The number of hydrogen-bond acceptors (Lipinski definition) is 20. The van der Waals surface area contributed by atoms with Crippen LogP contribution in [0.25, 0.3) is 22.8 Å². The zero-order valence-electron chi connectivity index (χ0n) is 46.8. The topological polar surface area (TPSA) is 218 Å². The number of piperazine rings is 4. The Bertz CT molecular complexity index is 3760. The first-order valence-electron chi connectivity index (χ1n) is 28.7. The lowest BCUT2D eigenvalue weighted by Gasteiger charge is -2.56. The number of pyridine rings is 4. The number of piperidine rings is 2. The van der Waals surface area contributed by atoms with Crippen molar-refractivity contribution >= 4 is 34.9 Å². The molecule has 17 heterocycles. The number of ether oxygens (including phenoxy) is 3. The molecule has 23 heteroatoms. The van der Waals surface area contributed by atoms with E-state index in [2.05, 4.69) is 100.0 Å². The number of carbonyl (C=O) groups excluding carboxylic acids is 1. The normalized spacial score (nSPS) is 24.0. The Morgan fingerprint density at radius 3 is 2.22 bits per heavy atom. The Kier molecular flexibility index (Phi) is 12.4. The summed E-state index contributed by atoms with van der Waals surface area (Å²) in [4.78, 5) is 56.9. The number of aromatic nitrogens is 9. The first kappa shape index (κ1) is 51.0. The highest BCUT2D eigenvalue weighted by Crippen LogP contribution is 2.44. The second kappa shape index (κ2) is 20.2. The van der Waals surface area contributed by atoms with Crippen molar-refractivity contribution in [1.29, 1.82) is 10.5 Å². The minimum absolute atomic E-state index is 0.00439. The van der Waals surface area contributed by atoms with Gasteiger partial charge in [-0.2, -0.15) is 20.7 Å². The molecule has 4 bridgehead atoms. The van der Waals surface area contributed by atoms with E-state index in [1.54, 1.807) is 37.8 Å². The Labute approximate surface area is 480 Å². The van der Waals surface area contributed by atoms with E-state index in [4.69, 9.17) is 34.1 Å². The molecule has 0 spiro atoms. The average Bonchev–Trinajstić information content (AvgIpc) is 3.50. The molecule has 10 aliphatic rings. The number of carbonyl (C=O) groups is 1. The van der Waals surface area contributed by atoms with Gasteiger partial charge in [-0.15, -0.1) is 0 Å². The molecule has 0 radical (unpaired) electrons. The molecule has 1 amide bonds. The van der Waals surface area contributed by atoms with Gasteiger partial charge in [0.25, 0.3) is 11.8 Å². The van der Waals surface area contributed by atoms with Crippen LogP contribution in [-0.2, 0) is 18.5 Å². The highest BCUT2D eigenvalue weighted by molar-refractivity contribution is 5.95. The molecule has 83 heavy (non-hydrogen) atoms. The Hall–Kier alpha value is -8.90. The lowest BCUT2D eigenvalue weighted by Crippen LogP contribution is -2.70. The summed E-state index contributed by atoms with van der Waals surface area (Å²) in [6.45, 7) is 14.0. The molecule has 0 aliphatic carbocycles. The summed E-state index contributed by atoms with van der Waals surface area (Å²) in [6, 6.07) is 17.6. The van der Waals surface area contributed by atoms with Crippen molar-refractivity contribution in [2.75, 3.05) is 114 Å². The molecule has 5 unspecified atom stereocenters. The third-order valence-corrected chi connectivity index (χ3v) is 18.7. The number of methoxy groups -OCH3 is 1. The zero-order chi connectivity index (χ0) is 56.1. The fraction of sp³-hybridized carbons (Fsp3) is 0.433. The predicted octanol–water partition coefficient (Wildman–Crippen LogP) is 4.30. The lowest BCUT2D eigenvalue weighted by atomic mass is 9.76. The second-order valence-corrected chi connectivity index (χ2v) is 23.6. The van der Waals surface area contributed by atoms with Gasteiger partial charge in [-0.05, 0) is 62.7 Å². The average molecular weight is 1110 g/mol. The molecule has 5 atom stereocenters.